The van der Waals surface area contributed by atoms with Gasteiger partial charge >= 0.3 is 5.97 Å². The van der Waals surface area contributed by atoms with Gasteiger partial charge in [0.15, 0.2) is 0 Å². The molecule has 0 aliphatic carbocycles. The zero-order valence-electron chi connectivity index (χ0n) is 12.7. The molecule has 7 heteroatoms. The highest BCUT2D eigenvalue weighted by Crippen LogP contribution is 2.13. The van der Waals surface area contributed by atoms with Crippen LogP contribution in [0.25, 0.3) is 11.4 Å². The van der Waals surface area contributed by atoms with Crippen LogP contribution in [0.5, 0.6) is 0 Å². The van der Waals surface area contributed by atoms with E-state index in [0.717, 1.165) is 18.5 Å². The largest absolute Gasteiger partial charge is 0.481 e. The monoisotopic (exact) mass is 305 g/mol. The summed E-state index contributed by atoms with van der Waals surface area (Å²) in [6.45, 7) is 4.60. The van der Waals surface area contributed by atoms with Crippen LogP contribution in [0.3, 0.4) is 0 Å². The molecule has 0 atom stereocenters. The van der Waals surface area contributed by atoms with E-state index in [2.05, 4.69) is 17.1 Å². The van der Waals surface area contributed by atoms with Crippen LogP contribution in [-0.4, -0.2) is 25.8 Å². The first-order valence-corrected chi connectivity index (χ1v) is 7.28. The first-order valence-electron chi connectivity index (χ1n) is 7.28. The van der Waals surface area contributed by atoms with Gasteiger partial charge in [0.25, 0.3) is 5.56 Å². The molecule has 2 aromatic heterocycles. The number of aryl methyl sites for hydroxylation is 2. The molecule has 0 bridgehead atoms. The van der Waals surface area contributed by atoms with E-state index in [1.165, 1.54) is 0 Å². The maximum absolute atomic E-state index is 12.5. The van der Waals surface area contributed by atoms with Crippen molar-refractivity contribution in [3.05, 3.63) is 34.1 Å². The third-order valence-electron chi connectivity index (χ3n) is 3.39. The fourth-order valence-electron chi connectivity index (χ4n) is 2.11. The second-order valence-corrected chi connectivity index (χ2v) is 5.10. The minimum Gasteiger partial charge on any atom is -0.481 e. The third-order valence-corrected chi connectivity index (χ3v) is 3.39. The van der Waals surface area contributed by atoms with Crippen LogP contribution in [0.15, 0.2) is 21.5 Å². The summed E-state index contributed by atoms with van der Waals surface area (Å²) in [5, 5.41) is 12.4. The summed E-state index contributed by atoms with van der Waals surface area (Å²) in [5.41, 5.74) is 1.10. The molecule has 2 rings (SSSR count). The van der Waals surface area contributed by atoms with Crippen LogP contribution < -0.4 is 5.56 Å². The van der Waals surface area contributed by atoms with Crippen LogP contribution in [0.4, 0.5) is 0 Å². The molecule has 1 N–H and O–H groups in total. The highest BCUT2D eigenvalue weighted by Gasteiger charge is 2.15. The summed E-state index contributed by atoms with van der Waals surface area (Å²) in [4.78, 5) is 27.2. The Morgan fingerprint density at radius 3 is 2.86 bits per heavy atom. The van der Waals surface area contributed by atoms with E-state index < -0.39 is 5.97 Å². The van der Waals surface area contributed by atoms with Crippen LogP contribution in [0.2, 0.25) is 0 Å². The zero-order valence-corrected chi connectivity index (χ0v) is 12.7. The summed E-state index contributed by atoms with van der Waals surface area (Å²) in [6.07, 6.45) is 1.98. The Hall–Kier alpha value is -2.44. The number of hydrogen-bond acceptors (Lipinski definition) is 5. The van der Waals surface area contributed by atoms with Gasteiger partial charge in [-0.3, -0.25) is 9.59 Å². The maximum Gasteiger partial charge on any atom is 0.303 e. The second kappa shape index (κ2) is 7.02. The van der Waals surface area contributed by atoms with Crippen molar-refractivity contribution in [2.24, 2.45) is 0 Å². The number of carboxylic acid groups (broad SMARTS) is 1. The molecule has 0 amide bonds. The Labute approximate surface area is 127 Å². The first kappa shape index (κ1) is 15.9. The molecule has 0 spiro atoms. The van der Waals surface area contributed by atoms with Crippen molar-refractivity contribution in [2.75, 3.05) is 0 Å². The summed E-state index contributed by atoms with van der Waals surface area (Å²) in [5.74, 6) is -0.509. The van der Waals surface area contributed by atoms with Gasteiger partial charge in [-0.2, -0.15) is 4.98 Å². The topological polar surface area (TPSA) is 98.2 Å². The van der Waals surface area contributed by atoms with E-state index in [1.54, 1.807) is 10.6 Å². The molecular weight excluding hydrogens is 286 g/mol. The van der Waals surface area contributed by atoms with Gasteiger partial charge in [0, 0.05) is 18.7 Å². The van der Waals surface area contributed by atoms with Gasteiger partial charge in [0.05, 0.1) is 12.0 Å². The molecule has 0 fully saturated rings. The van der Waals surface area contributed by atoms with Crippen molar-refractivity contribution in [3.63, 3.8) is 0 Å². The van der Waals surface area contributed by atoms with Gasteiger partial charge in [-0.1, -0.05) is 18.5 Å². The van der Waals surface area contributed by atoms with Crippen LogP contribution in [0.1, 0.15) is 37.8 Å². The van der Waals surface area contributed by atoms with E-state index in [4.69, 9.17) is 9.63 Å². The molecule has 118 valence electrons. The van der Waals surface area contributed by atoms with Gasteiger partial charge in [-0.05, 0) is 25.5 Å². The molecule has 2 heterocycles. The van der Waals surface area contributed by atoms with Crippen molar-refractivity contribution in [1.29, 1.82) is 0 Å². The predicted molar refractivity (Wildman–Crippen MR) is 79.6 cm³/mol. The van der Waals surface area contributed by atoms with Gasteiger partial charge in [-0.15, -0.1) is 0 Å². The van der Waals surface area contributed by atoms with Crippen molar-refractivity contribution in [1.82, 2.24) is 14.7 Å². The SMILES string of the molecule is CCCCn1c(C)ccc(-c2noc(CCC(=O)O)n2)c1=O. The Balaban J connectivity index is 2.29. The number of rotatable bonds is 7. The summed E-state index contributed by atoms with van der Waals surface area (Å²) in [6, 6.07) is 3.52. The molecular formula is C15H19N3O4. The lowest BCUT2D eigenvalue weighted by molar-refractivity contribution is -0.137. The van der Waals surface area contributed by atoms with E-state index in [1.807, 2.05) is 13.0 Å². The number of pyridine rings is 1. The minimum absolute atomic E-state index is 0.0870. The van der Waals surface area contributed by atoms with E-state index >= 15 is 0 Å². The summed E-state index contributed by atoms with van der Waals surface area (Å²) in [7, 11) is 0. The van der Waals surface area contributed by atoms with E-state index in [9.17, 15) is 9.59 Å². The van der Waals surface area contributed by atoms with Crippen molar-refractivity contribution >= 4 is 5.97 Å². The van der Waals surface area contributed by atoms with Crippen LogP contribution >= 0.6 is 0 Å². The number of nitrogens with zero attached hydrogens (tertiary/aromatic N) is 3. The first-order chi connectivity index (χ1) is 10.5. The molecule has 0 aliphatic heterocycles. The smallest absolute Gasteiger partial charge is 0.303 e. The number of carboxylic acids is 1. The van der Waals surface area contributed by atoms with E-state index in [-0.39, 0.29) is 30.1 Å². The van der Waals surface area contributed by atoms with Gasteiger partial charge in [0.1, 0.15) is 0 Å². The molecule has 7 nitrogen and oxygen atoms in total. The second-order valence-electron chi connectivity index (χ2n) is 5.10. The van der Waals surface area contributed by atoms with Crippen molar-refractivity contribution in [3.8, 4) is 11.4 Å². The highest BCUT2D eigenvalue weighted by atomic mass is 16.5. The zero-order chi connectivity index (χ0) is 16.1. The number of carbonyl (C=O) groups is 1. The van der Waals surface area contributed by atoms with Gasteiger partial charge in [-0.25, -0.2) is 0 Å². The quantitative estimate of drug-likeness (QED) is 0.840. The van der Waals surface area contributed by atoms with Crippen LogP contribution in [-0.2, 0) is 17.8 Å². The maximum atomic E-state index is 12.5. The average Bonchev–Trinajstić information content (AvgIpc) is 2.94. The molecule has 2 aromatic rings. The molecule has 0 saturated carbocycles. The van der Waals surface area contributed by atoms with Crippen molar-refractivity contribution in [2.45, 2.75) is 46.1 Å². The van der Waals surface area contributed by atoms with Crippen LogP contribution in [0, 0.1) is 6.92 Å². The standard InChI is InChI=1S/C15H19N3O4/c1-3-4-9-18-10(2)5-6-11(15(18)21)14-16-12(22-17-14)7-8-13(19)20/h5-6H,3-4,7-9H2,1-2H3,(H,19,20). The fraction of sp³-hybridized carbons (Fsp3) is 0.467. The molecule has 0 aromatic carbocycles. The Morgan fingerprint density at radius 2 is 2.18 bits per heavy atom. The lowest BCUT2D eigenvalue weighted by Gasteiger charge is -2.09. The number of unbranched alkanes of at least 4 members (excludes halogenated alkanes) is 1. The fourth-order valence-corrected chi connectivity index (χ4v) is 2.11. The lowest BCUT2D eigenvalue weighted by Crippen LogP contribution is -2.24. The number of aromatic nitrogens is 3. The Bertz CT molecular complexity index is 718. The summed E-state index contributed by atoms with van der Waals surface area (Å²) < 4.78 is 6.70. The molecule has 22 heavy (non-hydrogen) atoms. The third kappa shape index (κ3) is 3.60. The number of hydrogen-bond donors (Lipinski definition) is 1. The molecule has 0 saturated heterocycles. The van der Waals surface area contributed by atoms with Gasteiger partial charge in [0.2, 0.25) is 11.7 Å². The Kier molecular flexibility index (Phi) is 5.08. The molecule has 0 radical (unpaired) electrons. The summed E-state index contributed by atoms with van der Waals surface area (Å²) >= 11 is 0. The van der Waals surface area contributed by atoms with E-state index in [0.29, 0.717) is 12.1 Å². The molecule has 0 aliphatic rings. The minimum atomic E-state index is -0.933. The predicted octanol–water partition coefficient (Wildman–Crippen LogP) is 2.02. The lowest BCUT2D eigenvalue weighted by atomic mass is 10.2. The normalized spacial score (nSPS) is 10.8. The van der Waals surface area contributed by atoms with Gasteiger partial charge < -0.3 is 14.2 Å². The van der Waals surface area contributed by atoms with Crippen molar-refractivity contribution < 1.29 is 14.4 Å². The average molecular weight is 305 g/mol. The number of aliphatic carboxylic acids is 1. The highest BCUT2D eigenvalue weighted by molar-refractivity contribution is 5.66. The molecule has 0 unspecified atom stereocenters. The Morgan fingerprint density at radius 1 is 1.41 bits per heavy atom.